The van der Waals surface area contributed by atoms with Gasteiger partial charge in [0.2, 0.25) is 5.91 Å². The highest BCUT2D eigenvalue weighted by Gasteiger charge is 2.54. The van der Waals surface area contributed by atoms with Gasteiger partial charge in [0.05, 0.1) is 23.8 Å². The van der Waals surface area contributed by atoms with Crippen molar-refractivity contribution in [2.24, 2.45) is 0 Å². The Kier molecular flexibility index (Phi) is 9.27. The zero-order chi connectivity index (χ0) is 26.3. The normalized spacial score (nSPS) is 17.9. The van der Waals surface area contributed by atoms with Gasteiger partial charge in [0.25, 0.3) is 5.91 Å². The van der Waals surface area contributed by atoms with Gasteiger partial charge in [0.1, 0.15) is 11.7 Å². The van der Waals surface area contributed by atoms with Gasteiger partial charge in [-0.15, -0.1) is 0 Å². The van der Waals surface area contributed by atoms with Crippen LogP contribution in [-0.4, -0.2) is 60.8 Å². The van der Waals surface area contributed by atoms with Crippen molar-refractivity contribution in [3.63, 3.8) is 0 Å². The molecule has 2 heterocycles. The molecule has 0 radical (unpaired) electrons. The molecule has 0 saturated carbocycles. The number of methoxy groups -OCH3 is 1. The SMILES string of the molecule is COCC(NC(=O)c1cccc(C)n1)C(=O)N[C@@H](CCCc1ccccc1)B1OC(C)(C)C(C)(C)O1. The molecule has 1 aliphatic rings. The monoisotopic (exact) mass is 495 g/mol. The van der Waals surface area contributed by atoms with Crippen LogP contribution in [0.5, 0.6) is 0 Å². The molecule has 0 aliphatic carbocycles. The third-order valence-corrected chi connectivity index (χ3v) is 6.83. The van der Waals surface area contributed by atoms with Crippen LogP contribution >= 0.6 is 0 Å². The fraction of sp³-hybridized carbons (Fsp3) is 0.519. The van der Waals surface area contributed by atoms with Gasteiger partial charge >= 0.3 is 7.12 Å². The predicted molar refractivity (Wildman–Crippen MR) is 139 cm³/mol. The maximum Gasteiger partial charge on any atom is 0.481 e. The van der Waals surface area contributed by atoms with Crippen molar-refractivity contribution in [2.75, 3.05) is 13.7 Å². The largest absolute Gasteiger partial charge is 0.481 e. The van der Waals surface area contributed by atoms with Crippen LogP contribution in [0.1, 0.15) is 62.3 Å². The lowest BCUT2D eigenvalue weighted by atomic mass is 9.75. The molecule has 1 aliphatic heterocycles. The third kappa shape index (κ3) is 7.15. The van der Waals surface area contributed by atoms with Crippen molar-refractivity contribution < 1.29 is 23.6 Å². The van der Waals surface area contributed by atoms with Crippen LogP contribution in [0.25, 0.3) is 0 Å². The van der Waals surface area contributed by atoms with Gasteiger partial charge in [-0.25, -0.2) is 4.98 Å². The van der Waals surface area contributed by atoms with E-state index < -0.39 is 36.2 Å². The lowest BCUT2D eigenvalue weighted by molar-refractivity contribution is -0.124. The molecule has 2 atom stereocenters. The number of nitrogens with zero attached hydrogens (tertiary/aromatic N) is 1. The van der Waals surface area contributed by atoms with Crippen molar-refractivity contribution in [2.45, 2.75) is 77.1 Å². The average molecular weight is 495 g/mol. The molecule has 3 rings (SSSR count). The molecule has 2 aromatic rings. The van der Waals surface area contributed by atoms with Crippen LogP contribution in [0, 0.1) is 6.92 Å². The van der Waals surface area contributed by atoms with Crippen LogP contribution in [-0.2, 0) is 25.3 Å². The topological polar surface area (TPSA) is 98.8 Å². The first-order chi connectivity index (χ1) is 17.0. The summed E-state index contributed by atoms with van der Waals surface area (Å²) in [6.07, 6.45) is 2.34. The predicted octanol–water partition coefficient (Wildman–Crippen LogP) is 3.27. The maximum atomic E-state index is 13.4. The second-order valence-corrected chi connectivity index (χ2v) is 10.3. The van der Waals surface area contributed by atoms with E-state index in [9.17, 15) is 9.59 Å². The number of carbonyl (C=O) groups excluding carboxylic acids is 2. The van der Waals surface area contributed by atoms with Crippen LogP contribution in [0.4, 0.5) is 0 Å². The first-order valence-electron chi connectivity index (χ1n) is 12.5. The smallest absolute Gasteiger partial charge is 0.402 e. The fourth-order valence-corrected chi connectivity index (χ4v) is 4.03. The van der Waals surface area contributed by atoms with E-state index in [1.165, 1.54) is 12.7 Å². The highest BCUT2D eigenvalue weighted by molar-refractivity contribution is 6.48. The number of aromatic nitrogens is 1. The first kappa shape index (κ1) is 27.8. The van der Waals surface area contributed by atoms with Crippen molar-refractivity contribution in [3.8, 4) is 0 Å². The molecule has 2 N–H and O–H groups in total. The number of benzene rings is 1. The number of carbonyl (C=O) groups is 2. The fourth-order valence-electron chi connectivity index (χ4n) is 4.03. The van der Waals surface area contributed by atoms with Crippen molar-refractivity contribution in [1.29, 1.82) is 0 Å². The maximum absolute atomic E-state index is 13.4. The standard InChI is InChI=1S/C27H38BN3O5/c1-19-12-10-16-21(29-19)24(32)30-22(18-34-6)25(33)31-23(17-11-15-20-13-8-7-9-14-20)28-35-26(2,3)27(4,5)36-28/h7-10,12-14,16,22-23H,11,15,17-18H2,1-6H3,(H,30,32)(H,31,33)/t22?,23-/m0/s1. The second-order valence-electron chi connectivity index (χ2n) is 10.3. The first-order valence-corrected chi connectivity index (χ1v) is 12.5. The molecule has 9 heteroatoms. The lowest BCUT2D eigenvalue weighted by Crippen LogP contribution is -2.56. The number of nitrogens with one attached hydrogen (secondary N) is 2. The van der Waals surface area contributed by atoms with Crippen molar-refractivity contribution in [3.05, 3.63) is 65.5 Å². The minimum absolute atomic E-state index is 0.0174. The van der Waals surface area contributed by atoms with E-state index in [1.807, 2.05) is 45.9 Å². The van der Waals surface area contributed by atoms with Gasteiger partial charge < -0.3 is 24.7 Å². The van der Waals surface area contributed by atoms with Crippen molar-refractivity contribution in [1.82, 2.24) is 15.6 Å². The molecular weight excluding hydrogens is 457 g/mol. The molecular formula is C27H38BN3O5. The Labute approximate surface area is 214 Å². The number of rotatable bonds is 11. The summed E-state index contributed by atoms with van der Waals surface area (Å²) in [6.45, 7) is 9.76. The molecule has 194 valence electrons. The molecule has 1 saturated heterocycles. The summed E-state index contributed by atoms with van der Waals surface area (Å²) in [5.74, 6) is -1.21. The lowest BCUT2D eigenvalue weighted by Gasteiger charge is -2.32. The van der Waals surface area contributed by atoms with Gasteiger partial charge in [0, 0.05) is 12.8 Å². The summed E-state index contributed by atoms with van der Waals surface area (Å²) < 4.78 is 17.8. The van der Waals surface area contributed by atoms with E-state index in [0.717, 1.165) is 18.5 Å². The zero-order valence-corrected chi connectivity index (χ0v) is 22.2. The Bertz CT molecular complexity index is 1020. The van der Waals surface area contributed by atoms with E-state index in [4.69, 9.17) is 14.0 Å². The van der Waals surface area contributed by atoms with Gasteiger partial charge in [-0.05, 0) is 71.6 Å². The van der Waals surface area contributed by atoms with E-state index in [1.54, 1.807) is 25.1 Å². The molecule has 1 fully saturated rings. The third-order valence-electron chi connectivity index (χ3n) is 6.83. The number of hydrogen-bond donors (Lipinski definition) is 2. The minimum Gasteiger partial charge on any atom is -0.402 e. The van der Waals surface area contributed by atoms with E-state index in [0.29, 0.717) is 6.42 Å². The molecule has 36 heavy (non-hydrogen) atoms. The summed E-state index contributed by atoms with van der Waals surface area (Å²) in [6, 6.07) is 14.5. The Hall–Kier alpha value is -2.75. The minimum atomic E-state index is -0.899. The molecule has 0 bridgehead atoms. The Morgan fingerprint density at radius 3 is 2.28 bits per heavy atom. The molecule has 8 nitrogen and oxygen atoms in total. The number of amides is 2. The number of pyridine rings is 1. The van der Waals surface area contributed by atoms with Crippen LogP contribution in [0.15, 0.2) is 48.5 Å². The molecule has 2 amide bonds. The summed E-state index contributed by atoms with van der Waals surface area (Å²) in [7, 11) is 0.871. The molecule has 1 aromatic heterocycles. The van der Waals surface area contributed by atoms with Gasteiger partial charge in [0.15, 0.2) is 0 Å². The zero-order valence-electron chi connectivity index (χ0n) is 22.2. The molecule has 1 aromatic carbocycles. The highest BCUT2D eigenvalue weighted by Crippen LogP contribution is 2.38. The summed E-state index contributed by atoms with van der Waals surface area (Å²) in [5, 5.41) is 5.82. The molecule has 0 spiro atoms. The van der Waals surface area contributed by atoms with Gasteiger partial charge in [-0.2, -0.15) is 0 Å². The van der Waals surface area contributed by atoms with Crippen LogP contribution in [0.2, 0.25) is 0 Å². The van der Waals surface area contributed by atoms with Crippen LogP contribution in [0.3, 0.4) is 0 Å². The quantitative estimate of drug-likeness (QED) is 0.465. The Morgan fingerprint density at radius 1 is 1.00 bits per heavy atom. The van der Waals surface area contributed by atoms with Gasteiger partial charge in [-0.3, -0.25) is 9.59 Å². The number of ether oxygens (including phenoxy) is 1. The second kappa shape index (κ2) is 12.0. The van der Waals surface area contributed by atoms with Gasteiger partial charge in [-0.1, -0.05) is 36.4 Å². The Balaban J connectivity index is 1.72. The van der Waals surface area contributed by atoms with E-state index >= 15 is 0 Å². The summed E-state index contributed by atoms with van der Waals surface area (Å²) in [5.41, 5.74) is 1.13. The summed E-state index contributed by atoms with van der Waals surface area (Å²) >= 11 is 0. The number of hydrogen-bond acceptors (Lipinski definition) is 6. The molecule has 1 unspecified atom stereocenters. The average Bonchev–Trinajstić information content (AvgIpc) is 3.05. The van der Waals surface area contributed by atoms with E-state index in [2.05, 4.69) is 27.8 Å². The summed E-state index contributed by atoms with van der Waals surface area (Å²) in [4.78, 5) is 30.4. The van der Waals surface area contributed by atoms with E-state index in [-0.39, 0.29) is 18.2 Å². The number of aryl methyl sites for hydroxylation is 2. The van der Waals surface area contributed by atoms with Crippen LogP contribution < -0.4 is 10.6 Å². The van der Waals surface area contributed by atoms with Crippen molar-refractivity contribution >= 4 is 18.9 Å². The highest BCUT2D eigenvalue weighted by atomic mass is 16.7. The Morgan fingerprint density at radius 2 is 1.67 bits per heavy atom.